The third-order valence-corrected chi connectivity index (χ3v) is 7.34. The highest BCUT2D eigenvalue weighted by molar-refractivity contribution is 9.10. The molecule has 0 aliphatic heterocycles. The van der Waals surface area contributed by atoms with Gasteiger partial charge >= 0.3 is 0 Å². The number of carbonyl (C=O) groups is 2. The highest BCUT2D eigenvalue weighted by Gasteiger charge is 2.30. The van der Waals surface area contributed by atoms with Crippen LogP contribution < -0.4 is 10.1 Å². The van der Waals surface area contributed by atoms with Crippen molar-refractivity contribution in [2.45, 2.75) is 71.9 Å². The minimum absolute atomic E-state index is 0.00248. The van der Waals surface area contributed by atoms with Crippen molar-refractivity contribution in [1.29, 1.82) is 0 Å². The maximum Gasteiger partial charge on any atom is 0.261 e. The second kappa shape index (κ2) is 14.3. The molecule has 0 heterocycles. The fourth-order valence-corrected chi connectivity index (χ4v) is 4.75. The van der Waals surface area contributed by atoms with E-state index < -0.39 is 6.04 Å². The summed E-state index contributed by atoms with van der Waals surface area (Å²) in [7, 11) is 0. The number of halogens is 1. The normalized spacial score (nSPS) is 12.1. The average molecular weight is 594 g/mol. The van der Waals surface area contributed by atoms with Crippen molar-refractivity contribution < 1.29 is 14.3 Å². The molecule has 0 bridgehead atoms. The van der Waals surface area contributed by atoms with E-state index in [0.717, 1.165) is 34.0 Å². The van der Waals surface area contributed by atoms with Gasteiger partial charge in [0.2, 0.25) is 5.91 Å². The lowest BCUT2D eigenvalue weighted by Crippen LogP contribution is -2.51. The summed E-state index contributed by atoms with van der Waals surface area (Å²) in [6.07, 6.45) is 2.28. The predicted octanol–water partition coefficient (Wildman–Crippen LogP) is 6.99. The standard InChI is InChI=1S/C33H41BrN2O3/c1-6-7-19-35-32(38)29(20-25-11-9-8-10-12-25)36(22-26-15-13-24(2)14-16-26)31(37)23-39-30-18-17-27(21-28(30)34)33(3,4)5/h8-18,21,29H,6-7,19-20,22-23H2,1-5H3,(H,35,38)/t29-/m1/s1. The van der Waals surface area contributed by atoms with Crippen LogP contribution in [0.15, 0.2) is 77.3 Å². The first-order valence-corrected chi connectivity index (χ1v) is 14.5. The SMILES string of the molecule is CCCCNC(=O)[C@@H](Cc1ccccc1)N(Cc1ccc(C)cc1)C(=O)COc1ccc(C(C)(C)C)cc1Br. The number of hydrogen-bond acceptors (Lipinski definition) is 3. The van der Waals surface area contributed by atoms with Gasteiger partial charge < -0.3 is 15.0 Å². The Balaban J connectivity index is 1.88. The molecule has 2 amide bonds. The molecule has 0 fully saturated rings. The van der Waals surface area contributed by atoms with E-state index in [1.54, 1.807) is 4.90 Å². The van der Waals surface area contributed by atoms with E-state index in [2.05, 4.69) is 48.9 Å². The van der Waals surface area contributed by atoms with Gasteiger partial charge in [0, 0.05) is 19.5 Å². The second-order valence-corrected chi connectivity index (χ2v) is 11.9. The van der Waals surface area contributed by atoms with Crippen molar-refractivity contribution in [3.05, 3.63) is 99.5 Å². The summed E-state index contributed by atoms with van der Waals surface area (Å²) >= 11 is 3.60. The van der Waals surface area contributed by atoms with Crippen LogP contribution in [0.1, 0.15) is 62.8 Å². The second-order valence-electron chi connectivity index (χ2n) is 11.0. The molecule has 0 aliphatic rings. The Labute approximate surface area is 242 Å². The Morgan fingerprint density at radius 3 is 2.28 bits per heavy atom. The van der Waals surface area contributed by atoms with Gasteiger partial charge in [0.25, 0.3) is 5.91 Å². The summed E-state index contributed by atoms with van der Waals surface area (Å²) in [4.78, 5) is 29.0. The topological polar surface area (TPSA) is 58.6 Å². The molecular formula is C33H41BrN2O3. The Morgan fingerprint density at radius 1 is 0.974 bits per heavy atom. The lowest BCUT2D eigenvalue weighted by Gasteiger charge is -2.31. The van der Waals surface area contributed by atoms with Crippen molar-refractivity contribution in [2.24, 2.45) is 0 Å². The molecule has 0 aromatic heterocycles. The molecule has 0 unspecified atom stereocenters. The largest absolute Gasteiger partial charge is 0.483 e. The highest BCUT2D eigenvalue weighted by atomic mass is 79.9. The number of ether oxygens (including phenoxy) is 1. The smallest absolute Gasteiger partial charge is 0.261 e. The Morgan fingerprint density at radius 2 is 1.67 bits per heavy atom. The van der Waals surface area contributed by atoms with Crippen LogP contribution in [0.4, 0.5) is 0 Å². The molecule has 1 atom stereocenters. The number of aryl methyl sites for hydroxylation is 1. The molecule has 39 heavy (non-hydrogen) atoms. The van der Waals surface area contributed by atoms with E-state index in [9.17, 15) is 9.59 Å². The first kappa shape index (κ1) is 30.4. The van der Waals surface area contributed by atoms with Gasteiger partial charge in [-0.1, -0.05) is 100 Å². The zero-order valence-electron chi connectivity index (χ0n) is 23.8. The molecule has 3 rings (SSSR count). The third-order valence-electron chi connectivity index (χ3n) is 6.72. The Kier molecular flexibility index (Phi) is 11.2. The van der Waals surface area contributed by atoms with E-state index in [1.165, 1.54) is 5.56 Å². The fourth-order valence-electron chi connectivity index (χ4n) is 4.26. The molecule has 0 spiro atoms. The summed E-state index contributed by atoms with van der Waals surface area (Å²) in [6.45, 7) is 11.3. The van der Waals surface area contributed by atoms with Gasteiger partial charge in [0.15, 0.2) is 6.61 Å². The van der Waals surface area contributed by atoms with Crippen LogP contribution in [0.5, 0.6) is 5.75 Å². The third kappa shape index (κ3) is 9.24. The van der Waals surface area contributed by atoms with Crippen molar-refractivity contribution in [3.63, 3.8) is 0 Å². The molecule has 0 aliphatic carbocycles. The first-order valence-electron chi connectivity index (χ1n) is 13.7. The van der Waals surface area contributed by atoms with Gasteiger partial charge in [-0.3, -0.25) is 9.59 Å². The van der Waals surface area contributed by atoms with E-state index in [1.807, 2.05) is 79.7 Å². The van der Waals surface area contributed by atoms with Crippen molar-refractivity contribution in [3.8, 4) is 5.75 Å². The van der Waals surface area contributed by atoms with E-state index in [4.69, 9.17) is 4.74 Å². The molecular weight excluding hydrogens is 552 g/mol. The van der Waals surface area contributed by atoms with Crippen molar-refractivity contribution >= 4 is 27.7 Å². The summed E-state index contributed by atoms with van der Waals surface area (Å²) in [6, 6.07) is 23.2. The number of nitrogens with one attached hydrogen (secondary N) is 1. The van der Waals surface area contributed by atoms with Crippen LogP contribution in [0.25, 0.3) is 0 Å². The summed E-state index contributed by atoms with van der Waals surface area (Å²) in [5.74, 6) is 0.205. The summed E-state index contributed by atoms with van der Waals surface area (Å²) in [5, 5.41) is 3.06. The zero-order valence-corrected chi connectivity index (χ0v) is 25.4. The monoisotopic (exact) mass is 592 g/mol. The number of carbonyl (C=O) groups excluding carboxylic acids is 2. The minimum Gasteiger partial charge on any atom is -0.483 e. The maximum absolute atomic E-state index is 13.8. The Hall–Kier alpha value is -3.12. The summed E-state index contributed by atoms with van der Waals surface area (Å²) < 4.78 is 6.81. The number of rotatable bonds is 12. The van der Waals surface area contributed by atoms with E-state index >= 15 is 0 Å². The van der Waals surface area contributed by atoms with Gasteiger partial charge in [-0.05, 0) is 63.5 Å². The van der Waals surface area contributed by atoms with Crippen molar-refractivity contribution in [1.82, 2.24) is 10.2 Å². The average Bonchev–Trinajstić information content (AvgIpc) is 2.91. The minimum atomic E-state index is -0.673. The quantitative estimate of drug-likeness (QED) is 0.230. The van der Waals surface area contributed by atoms with Crippen LogP contribution in [0.2, 0.25) is 0 Å². The maximum atomic E-state index is 13.8. The van der Waals surface area contributed by atoms with Gasteiger partial charge in [-0.15, -0.1) is 0 Å². The fraction of sp³-hybridized carbons (Fsp3) is 0.394. The zero-order chi connectivity index (χ0) is 28.4. The molecule has 208 valence electrons. The van der Waals surface area contributed by atoms with Gasteiger partial charge in [0.05, 0.1) is 4.47 Å². The predicted molar refractivity (Wildman–Crippen MR) is 162 cm³/mol. The number of benzene rings is 3. The van der Waals surface area contributed by atoms with Gasteiger partial charge in [0.1, 0.15) is 11.8 Å². The first-order chi connectivity index (χ1) is 18.6. The van der Waals surface area contributed by atoms with Crippen LogP contribution >= 0.6 is 15.9 Å². The molecule has 0 radical (unpaired) electrons. The van der Waals surface area contributed by atoms with Crippen molar-refractivity contribution in [2.75, 3.05) is 13.2 Å². The molecule has 0 saturated carbocycles. The molecule has 1 N–H and O–H groups in total. The lowest BCUT2D eigenvalue weighted by atomic mass is 9.87. The number of unbranched alkanes of at least 4 members (excludes halogenated alkanes) is 1. The van der Waals surface area contributed by atoms with Crippen LogP contribution in [-0.2, 0) is 28.0 Å². The Bertz CT molecular complexity index is 1220. The molecule has 3 aromatic rings. The summed E-state index contributed by atoms with van der Waals surface area (Å²) in [5.41, 5.74) is 4.26. The van der Waals surface area contributed by atoms with Crippen LogP contribution in [0, 0.1) is 6.92 Å². The van der Waals surface area contributed by atoms with Gasteiger partial charge in [-0.2, -0.15) is 0 Å². The molecule has 6 heteroatoms. The van der Waals surface area contributed by atoms with Gasteiger partial charge in [-0.25, -0.2) is 0 Å². The molecule has 0 saturated heterocycles. The number of hydrogen-bond donors (Lipinski definition) is 1. The number of amides is 2. The van der Waals surface area contributed by atoms with E-state index in [0.29, 0.717) is 25.3 Å². The van der Waals surface area contributed by atoms with Crippen LogP contribution in [-0.4, -0.2) is 35.9 Å². The van der Waals surface area contributed by atoms with Crippen LogP contribution in [0.3, 0.4) is 0 Å². The lowest BCUT2D eigenvalue weighted by molar-refractivity contribution is -0.142. The molecule has 3 aromatic carbocycles. The van der Waals surface area contributed by atoms with E-state index in [-0.39, 0.29) is 23.8 Å². The highest BCUT2D eigenvalue weighted by Crippen LogP contribution is 2.31. The molecule has 5 nitrogen and oxygen atoms in total. The number of nitrogens with zero attached hydrogens (tertiary/aromatic N) is 1.